The predicted molar refractivity (Wildman–Crippen MR) is 301 cm³/mol. The van der Waals surface area contributed by atoms with Gasteiger partial charge < -0.3 is 44.3 Å². The number of nitrogens with one attached hydrogen (secondary N) is 2. The number of fused-ring (bicyclic) bond motifs is 2. The molecule has 4 aliphatic rings. The molecule has 0 saturated carbocycles. The van der Waals surface area contributed by atoms with Gasteiger partial charge in [-0.1, -0.05) is 66.7 Å². The van der Waals surface area contributed by atoms with E-state index < -0.39 is 0 Å². The Hall–Kier alpha value is -7.17. The Bertz CT molecular complexity index is 2930. The second kappa shape index (κ2) is 24.5. The number of hydrogen-bond donors (Lipinski definition) is 2. The summed E-state index contributed by atoms with van der Waals surface area (Å²) in [6, 6.07) is 36.6. The number of benzene rings is 4. The van der Waals surface area contributed by atoms with Crippen molar-refractivity contribution >= 4 is 51.2 Å². The zero-order chi connectivity index (χ0) is 51.5. The highest BCUT2D eigenvalue weighted by Gasteiger charge is 2.28. The lowest BCUT2D eigenvalue weighted by Crippen LogP contribution is -2.47. The van der Waals surface area contributed by atoms with Crippen LogP contribution in [-0.2, 0) is 13.1 Å². The van der Waals surface area contributed by atoms with Gasteiger partial charge >= 0.3 is 0 Å². The van der Waals surface area contributed by atoms with E-state index in [1.54, 1.807) is 28.4 Å². The van der Waals surface area contributed by atoms with Crippen molar-refractivity contribution in [3.63, 3.8) is 0 Å². The number of ether oxygens (including phenoxy) is 4. The molecular weight excluding hydrogens is 941 g/mol. The second-order valence-electron chi connectivity index (χ2n) is 20.3. The van der Waals surface area contributed by atoms with E-state index in [1.165, 1.54) is 30.4 Å². The van der Waals surface area contributed by atoms with Crippen molar-refractivity contribution in [2.45, 2.75) is 83.1 Å². The second-order valence-corrected chi connectivity index (χ2v) is 20.3. The molecule has 4 fully saturated rings. The van der Waals surface area contributed by atoms with Gasteiger partial charge in [0.25, 0.3) is 0 Å². The zero-order valence-corrected chi connectivity index (χ0v) is 44.5. The average molecular weight is 1020 g/mol. The molecule has 0 radical (unpaired) electrons. The molecule has 75 heavy (non-hydrogen) atoms. The summed E-state index contributed by atoms with van der Waals surface area (Å²) in [5.41, 5.74) is 4.47. The summed E-state index contributed by atoms with van der Waals surface area (Å²) in [4.78, 5) is 36.7. The lowest BCUT2D eigenvalue weighted by molar-refractivity contribution is 0.211. The Kier molecular flexibility index (Phi) is 16.7. The van der Waals surface area contributed by atoms with Gasteiger partial charge in [-0.25, -0.2) is 15.0 Å². The molecular formula is C59H74N12O4. The molecule has 0 spiro atoms. The van der Waals surface area contributed by atoms with Gasteiger partial charge in [0.1, 0.15) is 17.5 Å². The summed E-state index contributed by atoms with van der Waals surface area (Å²) in [5, 5.41) is 9.50. The third kappa shape index (κ3) is 12.5. The van der Waals surface area contributed by atoms with Crippen LogP contribution in [0.4, 0.5) is 29.4 Å². The van der Waals surface area contributed by atoms with Crippen molar-refractivity contribution in [2.75, 3.05) is 113 Å². The largest absolute Gasteiger partial charge is 0.493 e. The van der Waals surface area contributed by atoms with Crippen molar-refractivity contribution in [1.29, 1.82) is 0 Å². The number of pyridine rings is 1. The number of piperidine rings is 3. The van der Waals surface area contributed by atoms with Crippen molar-refractivity contribution in [2.24, 2.45) is 0 Å². The molecule has 1 atom stereocenters. The fourth-order valence-electron chi connectivity index (χ4n) is 11.0. The smallest absolute Gasteiger partial charge is 0.228 e. The topological polar surface area (TPSA) is 142 Å². The van der Waals surface area contributed by atoms with Crippen molar-refractivity contribution in [3.05, 3.63) is 120 Å². The van der Waals surface area contributed by atoms with E-state index in [0.717, 1.165) is 149 Å². The molecule has 0 amide bonds. The van der Waals surface area contributed by atoms with Crippen LogP contribution in [0.25, 0.3) is 21.8 Å². The number of nitrogens with zero attached hydrogens (tertiary/aromatic N) is 10. The number of hydrogen-bond acceptors (Lipinski definition) is 16. The van der Waals surface area contributed by atoms with Crippen LogP contribution in [0.1, 0.15) is 63.0 Å². The standard InChI is InChI=1S/C31H37N7O2.C28H37N5O2/c1-39-27-20-25-26(21-28(27)40-2)34-31(38-18-16-37(17-19-38)29-10-6-7-13-32-29)35-30(25)33-24-11-14-36(15-12-24)22-23-8-4-3-5-9-23;1-20-9-7-8-14-33(20)28-30-24-18-26(35-3)25(34-2)17-23(24)27(31-28)29-22-12-15-32(16-13-22)19-21-10-5-4-6-11-21/h3-10,13,20-21,24H,11-12,14-19,22H2,1-2H3,(H,33,34,35);4-6,10-11,17-18,20,22H,7-9,12-16,19H2,1-3H3,(H,29,30,31). The van der Waals surface area contributed by atoms with E-state index >= 15 is 0 Å². The highest BCUT2D eigenvalue weighted by molar-refractivity contribution is 5.94. The molecule has 4 aromatic carbocycles. The number of piperazine rings is 1. The molecule has 7 heterocycles. The first kappa shape index (κ1) is 51.3. The summed E-state index contributed by atoms with van der Waals surface area (Å²) >= 11 is 0. The summed E-state index contributed by atoms with van der Waals surface area (Å²) < 4.78 is 22.4. The summed E-state index contributed by atoms with van der Waals surface area (Å²) in [6.07, 6.45) is 9.76. The van der Waals surface area contributed by atoms with Crippen molar-refractivity contribution in [1.82, 2.24) is 34.7 Å². The number of rotatable bonds is 15. The van der Waals surface area contributed by atoms with Crippen LogP contribution >= 0.6 is 0 Å². The van der Waals surface area contributed by atoms with Crippen molar-refractivity contribution < 1.29 is 18.9 Å². The Morgan fingerprint density at radius 1 is 0.480 bits per heavy atom. The normalized spacial score (nSPS) is 18.1. The number of likely N-dealkylation sites (tertiary alicyclic amines) is 2. The summed E-state index contributed by atoms with van der Waals surface area (Å²) in [7, 11) is 6.66. The van der Waals surface area contributed by atoms with E-state index in [4.69, 9.17) is 38.9 Å². The van der Waals surface area contributed by atoms with Gasteiger partial charge in [-0.3, -0.25) is 9.80 Å². The Balaban J connectivity index is 0.000000173. The molecule has 16 heteroatoms. The average Bonchev–Trinajstić information content (AvgIpc) is 3.46. The minimum Gasteiger partial charge on any atom is -0.493 e. The van der Waals surface area contributed by atoms with E-state index in [1.807, 2.05) is 42.6 Å². The molecule has 4 saturated heterocycles. The van der Waals surface area contributed by atoms with E-state index in [9.17, 15) is 0 Å². The predicted octanol–water partition coefficient (Wildman–Crippen LogP) is 9.55. The maximum absolute atomic E-state index is 5.62. The van der Waals surface area contributed by atoms with Crippen LogP contribution in [0.3, 0.4) is 0 Å². The highest BCUT2D eigenvalue weighted by atomic mass is 16.5. The van der Waals surface area contributed by atoms with Gasteiger partial charge in [0.2, 0.25) is 11.9 Å². The third-order valence-corrected chi connectivity index (χ3v) is 15.3. The first-order valence-electron chi connectivity index (χ1n) is 27.0. The molecule has 0 bridgehead atoms. The van der Waals surface area contributed by atoms with Crippen LogP contribution in [0.5, 0.6) is 23.0 Å². The minimum atomic E-state index is 0.340. The fraction of sp³-hybridized carbons (Fsp3) is 0.441. The van der Waals surface area contributed by atoms with Crippen molar-refractivity contribution in [3.8, 4) is 23.0 Å². The molecule has 4 aliphatic heterocycles. The number of aromatic nitrogens is 5. The molecule has 394 valence electrons. The lowest BCUT2D eigenvalue weighted by atomic mass is 10.0. The summed E-state index contributed by atoms with van der Waals surface area (Å²) in [6.45, 7) is 12.9. The van der Waals surface area contributed by atoms with E-state index in [0.29, 0.717) is 41.1 Å². The highest BCUT2D eigenvalue weighted by Crippen LogP contribution is 2.38. The van der Waals surface area contributed by atoms with Crippen LogP contribution in [0.15, 0.2) is 109 Å². The van der Waals surface area contributed by atoms with Gasteiger partial charge in [-0.15, -0.1) is 0 Å². The fourth-order valence-corrected chi connectivity index (χ4v) is 11.0. The Labute approximate surface area is 442 Å². The van der Waals surface area contributed by atoms with Gasteiger partial charge in [-0.2, -0.15) is 9.97 Å². The van der Waals surface area contributed by atoms with Crippen LogP contribution in [0.2, 0.25) is 0 Å². The molecule has 2 N–H and O–H groups in total. The van der Waals surface area contributed by atoms with Crippen LogP contribution in [0, 0.1) is 0 Å². The van der Waals surface area contributed by atoms with Gasteiger partial charge in [0, 0.05) is 119 Å². The maximum Gasteiger partial charge on any atom is 0.228 e. The monoisotopic (exact) mass is 1010 g/mol. The molecule has 1 unspecified atom stereocenters. The number of methoxy groups -OCH3 is 4. The Morgan fingerprint density at radius 3 is 1.43 bits per heavy atom. The lowest BCUT2D eigenvalue weighted by Gasteiger charge is -2.36. The molecule has 0 aliphatic carbocycles. The van der Waals surface area contributed by atoms with E-state index in [2.05, 4.69) is 114 Å². The van der Waals surface area contributed by atoms with Crippen LogP contribution in [-0.4, -0.2) is 140 Å². The Morgan fingerprint density at radius 2 is 0.947 bits per heavy atom. The molecule has 3 aromatic heterocycles. The van der Waals surface area contributed by atoms with E-state index in [-0.39, 0.29) is 0 Å². The first-order chi connectivity index (χ1) is 36.8. The minimum absolute atomic E-state index is 0.340. The van der Waals surface area contributed by atoms with Gasteiger partial charge in [0.05, 0.1) is 39.5 Å². The molecule has 16 nitrogen and oxygen atoms in total. The quantitative estimate of drug-likeness (QED) is 0.101. The molecule has 11 rings (SSSR count). The summed E-state index contributed by atoms with van der Waals surface area (Å²) in [5.74, 6) is 7.04. The first-order valence-corrected chi connectivity index (χ1v) is 27.0. The van der Waals surface area contributed by atoms with Gasteiger partial charge in [0.15, 0.2) is 23.0 Å². The third-order valence-electron chi connectivity index (χ3n) is 15.3. The zero-order valence-electron chi connectivity index (χ0n) is 44.5. The SMILES string of the molecule is COc1cc2nc(N3CCCCC3C)nc(NC3CCN(Cc4ccccc4)CC3)c2cc1OC.COc1cc2nc(N3CCN(c4ccccn4)CC3)nc(NC3CCN(Cc4ccccc4)CC3)c2cc1OC. The molecule has 7 aromatic rings. The van der Waals surface area contributed by atoms with Gasteiger partial charge in [-0.05, 0) is 87.3 Å². The number of anilines is 5. The maximum atomic E-state index is 5.62. The van der Waals surface area contributed by atoms with Crippen LogP contribution < -0.4 is 44.3 Å².